The Morgan fingerprint density at radius 3 is 1.76 bits per heavy atom. The van der Waals surface area contributed by atoms with Crippen LogP contribution in [0.2, 0.25) is 0 Å². The quantitative estimate of drug-likeness (QED) is 0.143. The van der Waals surface area contributed by atoms with E-state index in [0.717, 1.165) is 83.6 Å². The van der Waals surface area contributed by atoms with Crippen LogP contribution in [0.4, 0.5) is 34.1 Å². The number of rotatable bonds is 9. The van der Waals surface area contributed by atoms with Crippen molar-refractivity contribution < 1.29 is 5.48 Å². The van der Waals surface area contributed by atoms with E-state index in [4.69, 9.17) is 0 Å². The molecule has 332 valence electrons. The number of hydrogen-bond acceptors (Lipinski definition) is 2. The number of hydrogen-bond donors (Lipinski definition) is 0. The van der Waals surface area contributed by atoms with E-state index in [1.807, 2.05) is 65.6 Å². The highest BCUT2D eigenvalue weighted by atomic mass is 15.1. The Morgan fingerprint density at radius 1 is 0.357 bits per heavy atom. The van der Waals surface area contributed by atoms with Crippen LogP contribution >= 0.6 is 0 Å². The summed E-state index contributed by atoms with van der Waals surface area (Å²) in [5, 5.41) is 4.20. The molecule has 1 aliphatic rings. The average molecular weight is 900 g/mol. The van der Waals surface area contributed by atoms with Crippen LogP contribution < -0.4 is 9.80 Å². The van der Waals surface area contributed by atoms with Crippen molar-refractivity contribution in [3.05, 3.63) is 272 Å². The molecule has 0 fully saturated rings. The van der Waals surface area contributed by atoms with Crippen molar-refractivity contribution in [2.45, 2.75) is 19.3 Å². The van der Waals surface area contributed by atoms with Crippen LogP contribution in [0.25, 0.3) is 71.6 Å². The monoisotopic (exact) mass is 899 g/mol. The maximum atomic E-state index is 9.67. The summed E-state index contributed by atoms with van der Waals surface area (Å²) in [6.07, 6.45) is 0. The summed E-state index contributed by atoms with van der Waals surface area (Å²) in [6.45, 7) is 4.47. The highest BCUT2D eigenvalue weighted by molar-refractivity contribution is 6.11. The predicted molar refractivity (Wildman–Crippen MR) is 296 cm³/mol. The normalized spacial score (nSPS) is 13.3. The summed E-state index contributed by atoms with van der Waals surface area (Å²) >= 11 is 0. The van der Waals surface area contributed by atoms with Crippen molar-refractivity contribution in [3.63, 3.8) is 0 Å². The van der Waals surface area contributed by atoms with Gasteiger partial charge in [0.15, 0.2) is 0 Å². The highest BCUT2D eigenvalue weighted by Gasteiger charge is 2.35. The Kier molecular flexibility index (Phi) is 8.85. The third kappa shape index (κ3) is 6.89. The van der Waals surface area contributed by atoms with E-state index >= 15 is 0 Å². The molecule has 12 aromatic rings. The number of nitrogens with zero attached hydrogens (tertiary/aromatic N) is 3. The van der Waals surface area contributed by atoms with Gasteiger partial charge in [-0.25, -0.2) is 0 Å². The third-order valence-corrected chi connectivity index (χ3v) is 14.2. The standard InChI is InChI=1S/C67H49N3/c1-67(2)62-27-15-12-25-58(62)59-40-38-56(45-63(59)67)68(51-20-8-4-9-21-51)53-35-32-46(33-36-53)48-30-31-50-43-54(37-34-49(50)42-48)69(64-28-16-13-24-57(64)47-18-6-3-7-19-47)55-39-41-66-61(44-55)60-26-14-17-29-65(60)70(66)52-22-10-5-11-23-52/h3-45H,1-2H3/i32D,33D,35D,36D. The average Bonchev–Trinajstić information content (AvgIpc) is 3.89. The minimum absolute atomic E-state index is 0.0977. The van der Waals surface area contributed by atoms with E-state index < -0.39 is 0 Å². The van der Waals surface area contributed by atoms with Crippen LogP contribution in [-0.4, -0.2) is 4.57 Å². The van der Waals surface area contributed by atoms with Crippen molar-refractivity contribution in [3.8, 4) is 39.1 Å². The van der Waals surface area contributed by atoms with Gasteiger partial charge in [0, 0.05) is 55.9 Å². The molecular formula is C67H49N3. The molecule has 0 saturated carbocycles. The molecule has 0 spiro atoms. The highest BCUT2D eigenvalue weighted by Crippen LogP contribution is 2.51. The lowest BCUT2D eigenvalue weighted by atomic mass is 9.82. The Labute approximate surface area is 415 Å². The van der Waals surface area contributed by atoms with E-state index in [9.17, 15) is 5.48 Å². The molecule has 1 aliphatic carbocycles. The second-order valence-electron chi connectivity index (χ2n) is 18.6. The molecule has 0 aliphatic heterocycles. The minimum Gasteiger partial charge on any atom is -0.310 e. The first-order chi connectivity index (χ1) is 36.2. The molecule has 70 heavy (non-hydrogen) atoms. The predicted octanol–water partition coefficient (Wildman–Crippen LogP) is 18.5. The molecule has 0 unspecified atom stereocenters. The van der Waals surface area contributed by atoms with Crippen molar-refractivity contribution in [2.24, 2.45) is 0 Å². The van der Waals surface area contributed by atoms with Gasteiger partial charge in [0.05, 0.1) is 22.2 Å². The van der Waals surface area contributed by atoms with E-state index in [1.165, 1.54) is 16.5 Å². The van der Waals surface area contributed by atoms with E-state index in [-0.39, 0.29) is 40.8 Å². The van der Waals surface area contributed by atoms with Gasteiger partial charge >= 0.3 is 0 Å². The van der Waals surface area contributed by atoms with Crippen molar-refractivity contribution >= 4 is 66.7 Å². The van der Waals surface area contributed by atoms with Crippen LogP contribution in [0.3, 0.4) is 0 Å². The first-order valence-electron chi connectivity index (χ1n) is 25.9. The summed E-state index contributed by atoms with van der Waals surface area (Å²) in [4.78, 5) is 4.22. The molecule has 3 heteroatoms. The first kappa shape index (κ1) is 37.1. The van der Waals surface area contributed by atoms with Gasteiger partial charge in [-0.15, -0.1) is 0 Å². The fourth-order valence-corrected chi connectivity index (χ4v) is 10.8. The molecule has 0 saturated heterocycles. The molecule has 0 bridgehead atoms. The van der Waals surface area contributed by atoms with E-state index in [2.05, 4.69) is 199 Å². The molecule has 0 N–H and O–H groups in total. The van der Waals surface area contributed by atoms with Gasteiger partial charge in [-0.1, -0.05) is 178 Å². The lowest BCUT2D eigenvalue weighted by Crippen LogP contribution is -2.16. The smallest absolute Gasteiger partial charge is 0.0645 e. The van der Waals surface area contributed by atoms with E-state index in [0.29, 0.717) is 5.56 Å². The third-order valence-electron chi connectivity index (χ3n) is 14.2. The van der Waals surface area contributed by atoms with Gasteiger partial charge in [-0.05, 0) is 147 Å². The maximum absolute atomic E-state index is 9.67. The summed E-state index contributed by atoms with van der Waals surface area (Å²) in [5.41, 5.74) is 15.7. The van der Waals surface area contributed by atoms with Crippen LogP contribution in [0.5, 0.6) is 0 Å². The maximum Gasteiger partial charge on any atom is 0.0645 e. The summed E-state index contributed by atoms with van der Waals surface area (Å²) in [7, 11) is 0. The Bertz CT molecular complexity index is 4140. The zero-order chi connectivity index (χ0) is 50.2. The van der Waals surface area contributed by atoms with Crippen LogP contribution in [-0.2, 0) is 5.41 Å². The zero-order valence-electron chi connectivity index (χ0n) is 42.9. The number of fused-ring (bicyclic) bond motifs is 7. The number of para-hydroxylation sites is 4. The second-order valence-corrected chi connectivity index (χ2v) is 18.6. The molecular weight excluding hydrogens is 847 g/mol. The Morgan fingerprint density at radius 2 is 0.943 bits per heavy atom. The number of anilines is 6. The molecule has 3 nitrogen and oxygen atoms in total. The van der Waals surface area contributed by atoms with Gasteiger partial charge in [0.1, 0.15) is 0 Å². The number of aromatic nitrogens is 1. The van der Waals surface area contributed by atoms with Crippen LogP contribution in [0.15, 0.2) is 261 Å². The topological polar surface area (TPSA) is 11.4 Å². The van der Waals surface area contributed by atoms with Gasteiger partial charge < -0.3 is 14.4 Å². The fourth-order valence-electron chi connectivity index (χ4n) is 10.8. The van der Waals surface area contributed by atoms with Crippen LogP contribution in [0, 0.1) is 0 Å². The van der Waals surface area contributed by atoms with E-state index in [1.54, 1.807) is 0 Å². The summed E-state index contributed by atoms with van der Waals surface area (Å²) < 4.78 is 40.9. The molecule has 13 rings (SSSR count). The number of benzene rings is 11. The molecule has 1 aromatic heterocycles. The summed E-state index contributed by atoms with van der Waals surface area (Å²) in [5.74, 6) is 0. The molecule has 11 aromatic carbocycles. The largest absolute Gasteiger partial charge is 0.310 e. The molecule has 0 atom stereocenters. The first-order valence-corrected chi connectivity index (χ1v) is 23.9. The SMILES string of the molecule is [2H]c1c([2H])c(N(c2ccccc2)c2ccc3c(c2)C(C)(C)c2ccccc2-3)c([2H])c([2H])c1-c1ccc2cc(N(c3ccc4c(c3)c3ccccc3n4-c3ccccc3)c3ccccc3-c3ccccc3)ccc2c1. The van der Waals surface area contributed by atoms with Crippen LogP contribution in [0.1, 0.15) is 30.5 Å². The minimum atomic E-state index is -0.273. The van der Waals surface area contributed by atoms with Gasteiger partial charge in [0.2, 0.25) is 0 Å². The Hall–Kier alpha value is -8.92. The lowest BCUT2D eigenvalue weighted by Gasteiger charge is -2.28. The second kappa shape index (κ2) is 16.7. The van der Waals surface area contributed by atoms with Crippen molar-refractivity contribution in [1.29, 1.82) is 0 Å². The molecule has 0 radical (unpaired) electrons. The summed E-state index contributed by atoms with van der Waals surface area (Å²) in [6, 6.07) is 81.4. The van der Waals surface area contributed by atoms with Gasteiger partial charge in [-0.3, -0.25) is 0 Å². The van der Waals surface area contributed by atoms with Gasteiger partial charge in [-0.2, -0.15) is 0 Å². The molecule has 0 amide bonds. The fraction of sp³-hybridized carbons (Fsp3) is 0.0448. The lowest BCUT2D eigenvalue weighted by molar-refractivity contribution is 0.660. The molecule has 1 heterocycles. The Balaban J connectivity index is 0.928. The van der Waals surface area contributed by atoms with Crippen molar-refractivity contribution in [2.75, 3.05) is 9.80 Å². The van der Waals surface area contributed by atoms with Crippen molar-refractivity contribution in [1.82, 2.24) is 4.57 Å². The van der Waals surface area contributed by atoms with Gasteiger partial charge in [0.25, 0.3) is 0 Å². The zero-order valence-corrected chi connectivity index (χ0v) is 38.9.